The smallest absolute Gasteiger partial charge is 0.303 e. The van der Waals surface area contributed by atoms with E-state index in [2.05, 4.69) is 5.32 Å². The van der Waals surface area contributed by atoms with Gasteiger partial charge in [-0.2, -0.15) is 0 Å². The van der Waals surface area contributed by atoms with Crippen LogP contribution >= 0.6 is 0 Å². The Morgan fingerprint density at radius 2 is 1.90 bits per heavy atom. The fourth-order valence-electron chi connectivity index (χ4n) is 1.79. The van der Waals surface area contributed by atoms with Crippen molar-refractivity contribution >= 4 is 11.9 Å². The van der Waals surface area contributed by atoms with E-state index in [0.717, 1.165) is 19.3 Å². The number of carboxylic acid groups (broad SMARTS) is 1. The highest BCUT2D eigenvalue weighted by Crippen LogP contribution is 2.02. The number of rotatable bonds is 8. The Balaban J connectivity index is 2.21. The van der Waals surface area contributed by atoms with Crippen molar-refractivity contribution in [2.24, 2.45) is 7.05 Å². The third kappa shape index (κ3) is 5.69. The van der Waals surface area contributed by atoms with Crippen LogP contribution in [0.4, 0.5) is 0 Å². The number of nitrogens with zero attached hydrogens (tertiary/aromatic N) is 1. The van der Waals surface area contributed by atoms with Gasteiger partial charge in [-0.15, -0.1) is 0 Å². The predicted molar refractivity (Wildman–Crippen MR) is 74.7 cm³/mol. The van der Waals surface area contributed by atoms with Crippen LogP contribution in [0.5, 0.6) is 0 Å². The summed E-state index contributed by atoms with van der Waals surface area (Å²) in [6.45, 7) is 0.550. The van der Waals surface area contributed by atoms with Crippen molar-refractivity contribution in [2.45, 2.75) is 32.1 Å². The van der Waals surface area contributed by atoms with Crippen molar-refractivity contribution in [3.63, 3.8) is 0 Å². The van der Waals surface area contributed by atoms with Crippen molar-refractivity contribution in [2.75, 3.05) is 6.54 Å². The summed E-state index contributed by atoms with van der Waals surface area (Å²) in [5.41, 5.74) is 0.304. The summed E-state index contributed by atoms with van der Waals surface area (Å²) in [4.78, 5) is 33.3. The first-order valence-electron chi connectivity index (χ1n) is 6.67. The molecule has 6 heteroatoms. The van der Waals surface area contributed by atoms with Crippen LogP contribution in [0, 0.1) is 0 Å². The Morgan fingerprint density at radius 1 is 1.20 bits per heavy atom. The number of aryl methyl sites for hydroxylation is 1. The molecule has 0 saturated heterocycles. The van der Waals surface area contributed by atoms with Gasteiger partial charge in [-0.1, -0.05) is 12.8 Å². The summed E-state index contributed by atoms with van der Waals surface area (Å²) < 4.78 is 1.36. The molecule has 110 valence electrons. The largest absolute Gasteiger partial charge is 0.481 e. The highest BCUT2D eigenvalue weighted by molar-refractivity contribution is 5.93. The minimum absolute atomic E-state index is 0.153. The molecule has 0 radical (unpaired) electrons. The van der Waals surface area contributed by atoms with Crippen LogP contribution < -0.4 is 10.9 Å². The Bertz CT molecular complexity index is 522. The van der Waals surface area contributed by atoms with Gasteiger partial charge in [-0.05, 0) is 18.9 Å². The van der Waals surface area contributed by atoms with E-state index in [1.807, 2.05) is 0 Å². The zero-order valence-electron chi connectivity index (χ0n) is 11.6. The van der Waals surface area contributed by atoms with E-state index in [1.54, 1.807) is 7.05 Å². The average molecular weight is 280 g/mol. The Kier molecular flexibility index (Phi) is 6.49. The lowest BCUT2D eigenvalue weighted by Crippen LogP contribution is -2.26. The molecule has 2 N–H and O–H groups in total. The monoisotopic (exact) mass is 280 g/mol. The maximum absolute atomic E-state index is 11.8. The molecule has 1 amide bonds. The zero-order chi connectivity index (χ0) is 15.0. The predicted octanol–water partition coefficient (Wildman–Crippen LogP) is 1.15. The molecule has 0 aliphatic heterocycles. The minimum atomic E-state index is -0.770. The lowest BCUT2D eigenvalue weighted by molar-refractivity contribution is -0.137. The molecule has 6 nitrogen and oxygen atoms in total. The number of aliphatic carboxylic acids is 1. The number of hydrogen-bond donors (Lipinski definition) is 2. The number of carbonyl (C=O) groups excluding carboxylic acids is 1. The molecular formula is C14H20N2O4. The number of aromatic nitrogens is 1. The highest BCUT2D eigenvalue weighted by atomic mass is 16.4. The normalized spacial score (nSPS) is 10.2. The molecule has 1 aromatic rings. The number of nitrogens with one attached hydrogen (secondary N) is 1. The van der Waals surface area contributed by atoms with Gasteiger partial charge in [0.05, 0.1) is 5.56 Å². The Morgan fingerprint density at radius 3 is 2.55 bits per heavy atom. The fourth-order valence-corrected chi connectivity index (χ4v) is 1.79. The molecule has 1 aromatic heterocycles. The Hall–Kier alpha value is -2.11. The van der Waals surface area contributed by atoms with Crippen molar-refractivity contribution in [1.29, 1.82) is 0 Å². The topological polar surface area (TPSA) is 88.4 Å². The SMILES string of the molecule is Cn1cc(C(=O)NCCCCCCC(=O)O)ccc1=O. The van der Waals surface area contributed by atoms with Crippen molar-refractivity contribution in [3.8, 4) is 0 Å². The molecule has 0 aliphatic rings. The van der Waals surface area contributed by atoms with Gasteiger partial charge in [0.1, 0.15) is 0 Å². The molecule has 0 aliphatic carbocycles. The third-order valence-corrected chi connectivity index (χ3v) is 2.95. The first-order valence-corrected chi connectivity index (χ1v) is 6.67. The third-order valence-electron chi connectivity index (χ3n) is 2.95. The summed E-state index contributed by atoms with van der Waals surface area (Å²) in [6, 6.07) is 2.87. The summed E-state index contributed by atoms with van der Waals surface area (Å²) in [6.07, 6.45) is 4.93. The molecule has 1 rings (SSSR count). The van der Waals surface area contributed by atoms with Crippen LogP contribution in [-0.2, 0) is 11.8 Å². The molecule has 0 unspecified atom stereocenters. The number of unbranched alkanes of at least 4 members (excludes halogenated alkanes) is 3. The number of pyridine rings is 1. The number of amides is 1. The van der Waals surface area contributed by atoms with Gasteiger partial charge in [0.15, 0.2) is 0 Å². The van der Waals surface area contributed by atoms with E-state index in [1.165, 1.54) is 22.9 Å². The number of carboxylic acids is 1. The maximum atomic E-state index is 11.8. The number of hydrogen-bond acceptors (Lipinski definition) is 3. The molecule has 0 atom stereocenters. The van der Waals surface area contributed by atoms with Gasteiger partial charge < -0.3 is 15.0 Å². The molecule has 20 heavy (non-hydrogen) atoms. The quantitative estimate of drug-likeness (QED) is 0.699. The van der Waals surface area contributed by atoms with Crippen LogP contribution in [0.25, 0.3) is 0 Å². The second-order valence-corrected chi connectivity index (χ2v) is 4.68. The molecule has 1 heterocycles. The van der Waals surface area contributed by atoms with Gasteiger partial charge >= 0.3 is 5.97 Å². The molecule has 0 aromatic carbocycles. The summed E-state index contributed by atoms with van der Waals surface area (Å²) >= 11 is 0. The molecule has 0 saturated carbocycles. The van der Waals surface area contributed by atoms with Crippen molar-refractivity contribution in [3.05, 3.63) is 34.2 Å². The molecule has 0 spiro atoms. The highest BCUT2D eigenvalue weighted by Gasteiger charge is 2.05. The second-order valence-electron chi connectivity index (χ2n) is 4.68. The minimum Gasteiger partial charge on any atom is -0.481 e. The van der Waals surface area contributed by atoms with Crippen molar-refractivity contribution in [1.82, 2.24) is 9.88 Å². The van der Waals surface area contributed by atoms with E-state index in [9.17, 15) is 14.4 Å². The lowest BCUT2D eigenvalue weighted by atomic mass is 10.1. The van der Waals surface area contributed by atoms with E-state index in [-0.39, 0.29) is 17.9 Å². The fraction of sp³-hybridized carbons (Fsp3) is 0.500. The Labute approximate surface area is 117 Å². The molecular weight excluding hydrogens is 260 g/mol. The standard InChI is InChI=1S/C14H20N2O4/c1-16-10-11(7-8-12(16)17)14(20)15-9-5-3-2-4-6-13(18)19/h7-8,10H,2-6,9H2,1H3,(H,15,20)(H,18,19). The van der Waals surface area contributed by atoms with Crippen LogP contribution in [0.1, 0.15) is 42.5 Å². The summed E-state index contributed by atoms with van der Waals surface area (Å²) in [5, 5.41) is 11.3. The first-order chi connectivity index (χ1) is 9.50. The molecule has 0 fully saturated rings. The van der Waals surface area contributed by atoms with Gasteiger partial charge in [-0.25, -0.2) is 0 Å². The van der Waals surface area contributed by atoms with Crippen LogP contribution in [-0.4, -0.2) is 28.1 Å². The van der Waals surface area contributed by atoms with E-state index in [4.69, 9.17) is 5.11 Å². The van der Waals surface area contributed by atoms with Crippen LogP contribution in [0.3, 0.4) is 0 Å². The first kappa shape index (κ1) is 15.9. The van der Waals surface area contributed by atoms with E-state index < -0.39 is 5.97 Å². The van der Waals surface area contributed by atoms with E-state index >= 15 is 0 Å². The van der Waals surface area contributed by atoms with Gasteiger partial charge in [0, 0.05) is 32.3 Å². The van der Waals surface area contributed by atoms with Crippen molar-refractivity contribution < 1.29 is 14.7 Å². The lowest BCUT2D eigenvalue weighted by Gasteiger charge is -2.06. The number of carbonyl (C=O) groups is 2. The zero-order valence-corrected chi connectivity index (χ0v) is 11.6. The van der Waals surface area contributed by atoms with E-state index in [0.29, 0.717) is 18.5 Å². The second kappa shape index (κ2) is 8.14. The maximum Gasteiger partial charge on any atom is 0.303 e. The van der Waals surface area contributed by atoms with Gasteiger partial charge in [0.2, 0.25) is 5.56 Å². The average Bonchev–Trinajstić information content (AvgIpc) is 2.40. The van der Waals surface area contributed by atoms with Gasteiger partial charge in [0.25, 0.3) is 5.91 Å². The van der Waals surface area contributed by atoms with Gasteiger partial charge in [-0.3, -0.25) is 14.4 Å². The summed E-state index contributed by atoms with van der Waals surface area (Å²) in [7, 11) is 1.60. The summed E-state index contributed by atoms with van der Waals surface area (Å²) in [5.74, 6) is -0.973. The van der Waals surface area contributed by atoms with Crippen LogP contribution in [0.15, 0.2) is 23.1 Å². The molecule has 0 bridgehead atoms. The van der Waals surface area contributed by atoms with Crippen LogP contribution in [0.2, 0.25) is 0 Å².